The predicted octanol–water partition coefficient (Wildman–Crippen LogP) is 3.32. The summed E-state index contributed by atoms with van der Waals surface area (Å²) in [4.78, 5) is 29.0. The van der Waals surface area contributed by atoms with Gasteiger partial charge in [0.15, 0.2) is 5.76 Å². The zero-order valence-electron chi connectivity index (χ0n) is 16.3. The molecule has 0 N–H and O–H groups in total. The molecule has 6 nitrogen and oxygen atoms in total. The fourth-order valence-corrected chi connectivity index (χ4v) is 3.40. The average Bonchev–Trinajstić information content (AvgIpc) is 3.21. The number of benzene rings is 1. The molecule has 1 aromatic carbocycles. The second-order valence-electron chi connectivity index (χ2n) is 7.13. The maximum atomic E-state index is 13.1. The van der Waals surface area contributed by atoms with E-state index in [9.17, 15) is 9.59 Å². The van der Waals surface area contributed by atoms with Crippen LogP contribution in [0.3, 0.4) is 0 Å². The van der Waals surface area contributed by atoms with Gasteiger partial charge in [-0.2, -0.15) is 0 Å². The number of carbonyl (C=O) groups is 2. The number of hydrogen-bond acceptors (Lipinski definition) is 4. The maximum absolute atomic E-state index is 13.1. The molecule has 0 aliphatic carbocycles. The lowest BCUT2D eigenvalue weighted by atomic mass is 9.95. The highest BCUT2D eigenvalue weighted by Gasteiger charge is 2.27. The first kappa shape index (κ1) is 19.0. The summed E-state index contributed by atoms with van der Waals surface area (Å²) in [6.07, 6.45) is 1.49. The summed E-state index contributed by atoms with van der Waals surface area (Å²) < 4.78 is 10.6. The zero-order valence-corrected chi connectivity index (χ0v) is 16.3. The molecule has 2 aromatic rings. The minimum Gasteiger partial charge on any atom is -0.496 e. The lowest BCUT2D eigenvalue weighted by Crippen LogP contribution is -2.50. The molecule has 27 heavy (non-hydrogen) atoms. The molecule has 0 spiro atoms. The lowest BCUT2D eigenvalue weighted by molar-refractivity contribution is 0.0517. The minimum absolute atomic E-state index is 0.00199. The molecule has 0 radical (unpaired) electrons. The van der Waals surface area contributed by atoms with Gasteiger partial charge in [-0.25, -0.2) is 0 Å². The molecule has 1 saturated heterocycles. The van der Waals surface area contributed by atoms with Gasteiger partial charge in [0, 0.05) is 31.7 Å². The Balaban J connectivity index is 1.72. The lowest BCUT2D eigenvalue weighted by Gasteiger charge is -2.34. The number of aryl methyl sites for hydroxylation is 1. The van der Waals surface area contributed by atoms with E-state index in [2.05, 4.69) is 13.8 Å². The molecule has 1 aliphatic rings. The van der Waals surface area contributed by atoms with Gasteiger partial charge in [-0.1, -0.05) is 13.8 Å². The predicted molar refractivity (Wildman–Crippen MR) is 102 cm³/mol. The van der Waals surface area contributed by atoms with Crippen molar-refractivity contribution >= 4 is 11.8 Å². The van der Waals surface area contributed by atoms with Crippen LogP contribution in [0.4, 0.5) is 0 Å². The summed E-state index contributed by atoms with van der Waals surface area (Å²) in [5, 5.41) is 0. The Morgan fingerprint density at radius 1 is 1.07 bits per heavy atom. The van der Waals surface area contributed by atoms with Crippen LogP contribution in [-0.2, 0) is 0 Å². The molecular weight excluding hydrogens is 344 g/mol. The second-order valence-corrected chi connectivity index (χ2v) is 7.13. The van der Waals surface area contributed by atoms with Crippen molar-refractivity contribution in [2.45, 2.75) is 26.7 Å². The summed E-state index contributed by atoms with van der Waals surface area (Å²) in [6.45, 7) is 8.11. The van der Waals surface area contributed by atoms with Crippen molar-refractivity contribution < 1.29 is 18.7 Å². The summed E-state index contributed by atoms with van der Waals surface area (Å²) in [6, 6.07) is 7.24. The SMILES string of the molecule is COc1cc(C)c(C(=O)N2CCN(C(=O)c3ccco3)CC2)cc1C(C)C. The van der Waals surface area contributed by atoms with Gasteiger partial charge >= 0.3 is 0 Å². The first-order valence-electron chi connectivity index (χ1n) is 9.23. The van der Waals surface area contributed by atoms with Crippen LogP contribution in [0, 0.1) is 6.92 Å². The number of ether oxygens (including phenoxy) is 1. The van der Waals surface area contributed by atoms with Crippen molar-refractivity contribution in [1.82, 2.24) is 9.80 Å². The third-order valence-electron chi connectivity index (χ3n) is 5.02. The first-order chi connectivity index (χ1) is 12.9. The highest BCUT2D eigenvalue weighted by molar-refractivity contribution is 5.96. The van der Waals surface area contributed by atoms with Gasteiger partial charge in [0.25, 0.3) is 11.8 Å². The van der Waals surface area contributed by atoms with E-state index in [1.807, 2.05) is 24.0 Å². The van der Waals surface area contributed by atoms with Gasteiger partial charge in [0.05, 0.1) is 13.4 Å². The van der Waals surface area contributed by atoms with Crippen molar-refractivity contribution in [2.75, 3.05) is 33.3 Å². The van der Waals surface area contributed by atoms with Crippen molar-refractivity contribution in [3.8, 4) is 5.75 Å². The molecule has 2 heterocycles. The van der Waals surface area contributed by atoms with Gasteiger partial charge in [0.1, 0.15) is 5.75 Å². The summed E-state index contributed by atoms with van der Waals surface area (Å²) >= 11 is 0. The van der Waals surface area contributed by atoms with Crippen LogP contribution in [0.15, 0.2) is 34.9 Å². The van der Waals surface area contributed by atoms with Crippen molar-refractivity contribution in [1.29, 1.82) is 0 Å². The fraction of sp³-hybridized carbons (Fsp3) is 0.429. The van der Waals surface area contributed by atoms with Gasteiger partial charge < -0.3 is 19.0 Å². The Bertz CT molecular complexity index is 819. The molecule has 2 amide bonds. The number of hydrogen-bond donors (Lipinski definition) is 0. The van der Waals surface area contributed by atoms with E-state index in [4.69, 9.17) is 9.15 Å². The van der Waals surface area contributed by atoms with Crippen LogP contribution in [0.1, 0.15) is 51.8 Å². The zero-order chi connectivity index (χ0) is 19.6. The third-order valence-corrected chi connectivity index (χ3v) is 5.02. The second kappa shape index (κ2) is 7.86. The molecule has 144 valence electrons. The highest BCUT2D eigenvalue weighted by atomic mass is 16.5. The molecular formula is C21H26N2O4. The van der Waals surface area contributed by atoms with E-state index >= 15 is 0 Å². The number of nitrogens with zero attached hydrogens (tertiary/aromatic N) is 2. The van der Waals surface area contributed by atoms with Crippen LogP contribution < -0.4 is 4.74 Å². The van der Waals surface area contributed by atoms with E-state index in [1.165, 1.54) is 6.26 Å². The van der Waals surface area contributed by atoms with E-state index in [0.29, 0.717) is 37.5 Å². The molecule has 1 aromatic heterocycles. The number of carbonyl (C=O) groups excluding carboxylic acids is 2. The number of amides is 2. The molecule has 3 rings (SSSR count). The Morgan fingerprint density at radius 3 is 2.22 bits per heavy atom. The van der Waals surface area contributed by atoms with Crippen LogP contribution in [0.25, 0.3) is 0 Å². The van der Waals surface area contributed by atoms with Gasteiger partial charge in [-0.15, -0.1) is 0 Å². The smallest absolute Gasteiger partial charge is 0.289 e. The summed E-state index contributed by atoms with van der Waals surface area (Å²) in [5.74, 6) is 1.28. The number of piperazine rings is 1. The van der Waals surface area contributed by atoms with Gasteiger partial charge in [-0.05, 0) is 48.2 Å². The number of rotatable bonds is 4. The Hall–Kier alpha value is -2.76. The van der Waals surface area contributed by atoms with Crippen LogP contribution >= 0.6 is 0 Å². The highest BCUT2D eigenvalue weighted by Crippen LogP contribution is 2.30. The van der Waals surface area contributed by atoms with Gasteiger partial charge in [-0.3, -0.25) is 9.59 Å². The molecule has 0 saturated carbocycles. The normalized spacial score (nSPS) is 14.6. The molecule has 1 fully saturated rings. The monoisotopic (exact) mass is 370 g/mol. The fourth-order valence-electron chi connectivity index (χ4n) is 3.40. The largest absolute Gasteiger partial charge is 0.496 e. The van der Waals surface area contributed by atoms with Crippen molar-refractivity contribution in [2.24, 2.45) is 0 Å². The van der Waals surface area contributed by atoms with Crippen LogP contribution in [-0.4, -0.2) is 54.9 Å². The van der Waals surface area contributed by atoms with Crippen molar-refractivity contribution in [3.63, 3.8) is 0 Å². The van der Waals surface area contributed by atoms with Crippen LogP contribution in [0.5, 0.6) is 5.75 Å². The molecule has 0 unspecified atom stereocenters. The molecule has 6 heteroatoms. The van der Waals surface area contributed by atoms with E-state index in [0.717, 1.165) is 16.9 Å². The van der Waals surface area contributed by atoms with Crippen LogP contribution in [0.2, 0.25) is 0 Å². The summed E-state index contributed by atoms with van der Waals surface area (Å²) in [7, 11) is 1.65. The van der Waals surface area contributed by atoms with E-state index in [-0.39, 0.29) is 17.7 Å². The number of methoxy groups -OCH3 is 1. The van der Waals surface area contributed by atoms with Crippen molar-refractivity contribution in [3.05, 3.63) is 53.0 Å². The minimum atomic E-state index is -0.130. The first-order valence-corrected chi connectivity index (χ1v) is 9.23. The maximum Gasteiger partial charge on any atom is 0.289 e. The standard InChI is InChI=1S/C21H26N2O4/c1-14(2)16-13-17(15(3)12-19(16)26-4)20(24)22-7-9-23(10-8-22)21(25)18-6-5-11-27-18/h5-6,11-14H,7-10H2,1-4H3. The quantitative estimate of drug-likeness (QED) is 0.828. The average molecular weight is 370 g/mol. The molecule has 1 aliphatic heterocycles. The third kappa shape index (κ3) is 3.84. The van der Waals surface area contributed by atoms with E-state index < -0.39 is 0 Å². The summed E-state index contributed by atoms with van der Waals surface area (Å²) in [5.41, 5.74) is 2.62. The van der Waals surface area contributed by atoms with E-state index in [1.54, 1.807) is 24.1 Å². The molecule has 0 bridgehead atoms. The molecule has 0 atom stereocenters. The number of furan rings is 1. The topological polar surface area (TPSA) is 63.0 Å². The Morgan fingerprint density at radius 2 is 1.70 bits per heavy atom. The van der Waals surface area contributed by atoms with Gasteiger partial charge in [0.2, 0.25) is 0 Å². The Kier molecular flexibility index (Phi) is 5.54. The Labute approximate surface area is 159 Å².